The minimum atomic E-state index is 0.00238. The molecule has 0 aromatic carbocycles. The van der Waals surface area contributed by atoms with Gasteiger partial charge in [-0.15, -0.1) is 11.3 Å². The Morgan fingerprint density at radius 2 is 2.35 bits per heavy atom. The molecule has 1 unspecified atom stereocenters. The lowest BCUT2D eigenvalue weighted by molar-refractivity contribution is 0.0537. The molecule has 2 heterocycles. The van der Waals surface area contributed by atoms with Crippen molar-refractivity contribution < 1.29 is 4.79 Å². The third-order valence-corrected chi connectivity index (χ3v) is 5.06. The lowest BCUT2D eigenvalue weighted by atomic mass is 9.79. The maximum atomic E-state index is 12.3. The number of rotatable bonds is 1. The first-order chi connectivity index (χ1) is 7.90. The highest BCUT2D eigenvalue weighted by molar-refractivity contribution is 9.10. The van der Waals surface area contributed by atoms with Gasteiger partial charge in [0.1, 0.15) is 0 Å². The number of hydrogen-bond donors (Lipinski definition) is 1. The van der Waals surface area contributed by atoms with Crippen molar-refractivity contribution in [2.45, 2.75) is 26.3 Å². The number of carbonyl (C=O) groups is 1. The zero-order valence-electron chi connectivity index (χ0n) is 10.1. The maximum Gasteiger partial charge on any atom is 0.263 e. The van der Waals surface area contributed by atoms with Gasteiger partial charge < -0.3 is 10.6 Å². The first-order valence-corrected chi connectivity index (χ1v) is 7.36. The summed E-state index contributed by atoms with van der Waals surface area (Å²) < 4.78 is 0.971. The first-order valence-electron chi connectivity index (χ1n) is 5.69. The number of nitrogens with zero attached hydrogens (tertiary/aromatic N) is 1. The van der Waals surface area contributed by atoms with E-state index in [0.717, 1.165) is 28.9 Å². The summed E-state index contributed by atoms with van der Waals surface area (Å²) in [5, 5.41) is 1.94. The lowest BCUT2D eigenvalue weighted by Crippen LogP contribution is -2.53. The largest absolute Gasteiger partial charge is 0.337 e. The molecule has 17 heavy (non-hydrogen) atoms. The van der Waals surface area contributed by atoms with Gasteiger partial charge >= 0.3 is 0 Å². The molecule has 5 heteroatoms. The topological polar surface area (TPSA) is 46.3 Å². The van der Waals surface area contributed by atoms with Crippen molar-refractivity contribution in [1.29, 1.82) is 0 Å². The molecule has 3 nitrogen and oxygen atoms in total. The normalized spacial score (nSPS) is 23.8. The summed E-state index contributed by atoms with van der Waals surface area (Å²) >= 11 is 4.86. The summed E-state index contributed by atoms with van der Waals surface area (Å²) in [6, 6.07) is 2.07. The number of likely N-dealkylation sites (tertiary alicyclic amines) is 1. The Morgan fingerprint density at radius 3 is 2.88 bits per heavy atom. The molecule has 0 aliphatic carbocycles. The standard InChI is InChI=1S/C12H17BrN2OS/c1-12(2)7-15(4-3-10(12)14)11(16)9-5-8(13)6-17-9/h5-6,10H,3-4,7,14H2,1-2H3. The SMILES string of the molecule is CC1(C)CN(C(=O)c2cc(Br)cs2)CCC1N. The van der Waals surface area contributed by atoms with Crippen molar-refractivity contribution in [1.82, 2.24) is 4.90 Å². The smallest absolute Gasteiger partial charge is 0.263 e. The van der Waals surface area contributed by atoms with Crippen molar-refractivity contribution >= 4 is 33.2 Å². The van der Waals surface area contributed by atoms with Crippen LogP contribution in [0.25, 0.3) is 0 Å². The lowest BCUT2D eigenvalue weighted by Gasteiger charge is -2.42. The molecule has 0 spiro atoms. The molecular formula is C12H17BrN2OS. The second-order valence-corrected chi connectivity index (χ2v) is 7.07. The van der Waals surface area contributed by atoms with Crippen LogP contribution in [0, 0.1) is 5.41 Å². The quantitative estimate of drug-likeness (QED) is 0.866. The van der Waals surface area contributed by atoms with Gasteiger partial charge in [0.05, 0.1) is 4.88 Å². The number of thiophene rings is 1. The van der Waals surface area contributed by atoms with Crippen LogP contribution in [0.3, 0.4) is 0 Å². The van der Waals surface area contributed by atoms with E-state index in [1.807, 2.05) is 16.3 Å². The van der Waals surface area contributed by atoms with Gasteiger partial charge in [-0.25, -0.2) is 0 Å². The van der Waals surface area contributed by atoms with Gasteiger partial charge in [-0.2, -0.15) is 0 Å². The number of carbonyl (C=O) groups excluding carboxylic acids is 1. The molecule has 1 aliphatic heterocycles. The predicted molar refractivity (Wildman–Crippen MR) is 74.3 cm³/mol. The van der Waals surface area contributed by atoms with Crippen molar-refractivity contribution in [2.75, 3.05) is 13.1 Å². The van der Waals surface area contributed by atoms with Crippen LogP contribution >= 0.6 is 27.3 Å². The molecule has 1 aromatic heterocycles. The van der Waals surface area contributed by atoms with Gasteiger partial charge in [-0.05, 0) is 33.8 Å². The van der Waals surface area contributed by atoms with E-state index in [9.17, 15) is 4.79 Å². The molecule has 0 radical (unpaired) electrons. The van der Waals surface area contributed by atoms with Crippen LogP contribution in [0.4, 0.5) is 0 Å². The summed E-state index contributed by atoms with van der Waals surface area (Å²) in [5.41, 5.74) is 6.08. The van der Waals surface area contributed by atoms with E-state index in [4.69, 9.17) is 5.73 Å². The average molecular weight is 317 g/mol. The molecular weight excluding hydrogens is 300 g/mol. The van der Waals surface area contributed by atoms with Gasteiger partial charge in [0.15, 0.2) is 0 Å². The fourth-order valence-electron chi connectivity index (χ4n) is 2.13. The fraction of sp³-hybridized carbons (Fsp3) is 0.583. The average Bonchev–Trinajstić information content (AvgIpc) is 2.68. The fourth-order valence-corrected chi connectivity index (χ4v) is 3.52. The van der Waals surface area contributed by atoms with E-state index >= 15 is 0 Å². The molecule has 0 saturated carbocycles. The van der Waals surface area contributed by atoms with Gasteiger partial charge in [-0.1, -0.05) is 13.8 Å². The summed E-state index contributed by atoms with van der Waals surface area (Å²) in [5.74, 6) is 0.126. The summed E-state index contributed by atoms with van der Waals surface area (Å²) in [6.07, 6.45) is 0.880. The molecule has 1 saturated heterocycles. The van der Waals surface area contributed by atoms with Crippen LogP contribution in [0.15, 0.2) is 15.9 Å². The third-order valence-electron chi connectivity index (χ3n) is 3.38. The van der Waals surface area contributed by atoms with E-state index < -0.39 is 0 Å². The number of nitrogens with two attached hydrogens (primary N) is 1. The van der Waals surface area contributed by atoms with Gasteiger partial charge in [0, 0.05) is 29.0 Å². The van der Waals surface area contributed by atoms with Crippen molar-refractivity contribution in [2.24, 2.45) is 11.1 Å². The molecule has 2 N–H and O–H groups in total. The Bertz CT molecular complexity index is 430. The first kappa shape index (κ1) is 13.1. The Hall–Kier alpha value is -0.390. The molecule has 94 valence electrons. The molecule has 1 fully saturated rings. The van der Waals surface area contributed by atoms with Gasteiger partial charge in [0.2, 0.25) is 0 Å². The highest BCUT2D eigenvalue weighted by Crippen LogP contribution is 2.30. The Balaban J connectivity index is 2.11. The summed E-state index contributed by atoms with van der Waals surface area (Å²) in [6.45, 7) is 5.75. The number of hydrogen-bond acceptors (Lipinski definition) is 3. The van der Waals surface area contributed by atoms with Crippen LogP contribution in [0.5, 0.6) is 0 Å². The van der Waals surface area contributed by atoms with Crippen LogP contribution < -0.4 is 5.73 Å². The highest BCUT2D eigenvalue weighted by Gasteiger charge is 2.35. The molecule has 1 amide bonds. The molecule has 1 aromatic rings. The van der Waals surface area contributed by atoms with Gasteiger partial charge in [-0.3, -0.25) is 4.79 Å². The Morgan fingerprint density at radius 1 is 1.65 bits per heavy atom. The second-order valence-electron chi connectivity index (χ2n) is 5.24. The van der Waals surface area contributed by atoms with Gasteiger partial charge in [0.25, 0.3) is 5.91 Å². The molecule has 1 aliphatic rings. The second kappa shape index (κ2) is 4.71. The van der Waals surface area contributed by atoms with Crippen molar-refractivity contribution in [3.63, 3.8) is 0 Å². The Labute approximate surface area is 114 Å². The van der Waals surface area contributed by atoms with E-state index in [-0.39, 0.29) is 17.4 Å². The number of piperidine rings is 1. The maximum absolute atomic E-state index is 12.3. The highest BCUT2D eigenvalue weighted by atomic mass is 79.9. The number of halogens is 1. The van der Waals surface area contributed by atoms with Crippen molar-refractivity contribution in [3.05, 3.63) is 20.8 Å². The van der Waals surface area contributed by atoms with E-state index in [1.165, 1.54) is 11.3 Å². The van der Waals surface area contributed by atoms with Crippen LogP contribution in [-0.4, -0.2) is 29.9 Å². The van der Waals surface area contributed by atoms with E-state index in [1.54, 1.807) is 0 Å². The third kappa shape index (κ3) is 2.72. The molecule has 2 rings (SSSR count). The zero-order chi connectivity index (χ0) is 12.6. The Kier molecular flexibility index (Phi) is 3.61. The minimum absolute atomic E-state index is 0.00238. The van der Waals surface area contributed by atoms with E-state index in [2.05, 4.69) is 29.8 Å². The predicted octanol–water partition coefficient (Wildman–Crippen LogP) is 2.71. The minimum Gasteiger partial charge on any atom is -0.337 e. The van der Waals surface area contributed by atoms with Crippen LogP contribution in [-0.2, 0) is 0 Å². The number of amides is 1. The van der Waals surface area contributed by atoms with E-state index in [0.29, 0.717) is 0 Å². The van der Waals surface area contributed by atoms with Crippen LogP contribution in [0.1, 0.15) is 29.9 Å². The molecule has 0 bridgehead atoms. The summed E-state index contributed by atoms with van der Waals surface area (Å²) in [7, 11) is 0. The summed E-state index contributed by atoms with van der Waals surface area (Å²) in [4.78, 5) is 15.0. The van der Waals surface area contributed by atoms with Crippen molar-refractivity contribution in [3.8, 4) is 0 Å². The monoisotopic (exact) mass is 316 g/mol. The molecule has 1 atom stereocenters. The van der Waals surface area contributed by atoms with Crippen LogP contribution in [0.2, 0.25) is 0 Å². The zero-order valence-corrected chi connectivity index (χ0v) is 12.5.